The lowest BCUT2D eigenvalue weighted by Crippen LogP contribution is -2.07. The first kappa shape index (κ1) is 13.9. The molecule has 0 aromatic heterocycles. The second-order valence-corrected chi connectivity index (χ2v) is 4.54. The highest BCUT2D eigenvalue weighted by molar-refractivity contribution is 6.01. The molecular formula is C17H18N2O. The molecule has 102 valence electrons. The second kappa shape index (κ2) is 6.57. The number of carbonyl (C=O) groups excluding carboxylic acids is 1. The van der Waals surface area contributed by atoms with Gasteiger partial charge in [-0.3, -0.25) is 4.79 Å². The summed E-state index contributed by atoms with van der Waals surface area (Å²) < 4.78 is 0. The second-order valence-electron chi connectivity index (χ2n) is 4.54. The van der Waals surface area contributed by atoms with Gasteiger partial charge in [0.15, 0.2) is 0 Å². The summed E-state index contributed by atoms with van der Waals surface area (Å²) in [5.74, 6) is -0.143. The number of aryl methyl sites for hydroxylation is 1. The third-order valence-electron chi connectivity index (χ3n) is 2.97. The van der Waals surface area contributed by atoms with Crippen LogP contribution in [0.3, 0.4) is 0 Å². The number of carbonyl (C=O) groups is 1. The van der Waals surface area contributed by atoms with Gasteiger partial charge in [0, 0.05) is 17.5 Å². The Labute approximate surface area is 119 Å². The maximum Gasteiger partial charge on any atom is 0.248 e. The molecule has 1 amide bonds. The Bertz CT molecular complexity index is 615. The van der Waals surface area contributed by atoms with Crippen molar-refractivity contribution in [1.82, 2.24) is 0 Å². The van der Waals surface area contributed by atoms with Crippen molar-refractivity contribution in [2.24, 2.45) is 0 Å². The van der Waals surface area contributed by atoms with E-state index in [1.807, 2.05) is 48.5 Å². The van der Waals surface area contributed by atoms with Crippen molar-refractivity contribution in [3.63, 3.8) is 0 Å². The van der Waals surface area contributed by atoms with Crippen LogP contribution in [0.15, 0.2) is 54.6 Å². The molecular weight excluding hydrogens is 248 g/mol. The van der Waals surface area contributed by atoms with Crippen LogP contribution < -0.4 is 11.1 Å². The molecule has 0 spiro atoms. The Morgan fingerprint density at radius 2 is 1.95 bits per heavy atom. The fraction of sp³-hybridized carbons (Fsp3) is 0.118. The summed E-state index contributed by atoms with van der Waals surface area (Å²) in [6.45, 7) is 2.09. The van der Waals surface area contributed by atoms with E-state index < -0.39 is 0 Å². The molecule has 0 unspecified atom stereocenters. The molecule has 3 N–H and O–H groups in total. The summed E-state index contributed by atoms with van der Waals surface area (Å²) in [5, 5.41) is 2.85. The van der Waals surface area contributed by atoms with Crippen LogP contribution in [0.25, 0.3) is 6.08 Å². The summed E-state index contributed by atoms with van der Waals surface area (Å²) in [6, 6.07) is 15.2. The molecule has 0 saturated heterocycles. The Balaban J connectivity index is 1.99. The van der Waals surface area contributed by atoms with E-state index in [0.29, 0.717) is 5.69 Å². The van der Waals surface area contributed by atoms with Gasteiger partial charge in [0.1, 0.15) is 0 Å². The molecule has 0 bridgehead atoms. The molecule has 0 fully saturated rings. The molecule has 0 saturated carbocycles. The standard InChI is InChI=1S/C17H18N2O/c1-2-13-4-3-5-16(12-13)19-17(20)11-8-14-6-9-15(18)10-7-14/h3-12H,2,18H2,1H3,(H,19,20)/b11-8+. The number of rotatable bonds is 4. The van der Waals surface area contributed by atoms with E-state index in [0.717, 1.165) is 17.7 Å². The van der Waals surface area contributed by atoms with Crippen molar-refractivity contribution in [3.05, 3.63) is 65.7 Å². The number of benzene rings is 2. The van der Waals surface area contributed by atoms with Crippen molar-refractivity contribution >= 4 is 23.4 Å². The van der Waals surface area contributed by atoms with Crippen LogP contribution in [0.4, 0.5) is 11.4 Å². The van der Waals surface area contributed by atoms with E-state index in [-0.39, 0.29) is 5.91 Å². The van der Waals surface area contributed by atoms with Crippen molar-refractivity contribution in [3.8, 4) is 0 Å². The van der Waals surface area contributed by atoms with E-state index in [2.05, 4.69) is 12.2 Å². The first-order chi connectivity index (χ1) is 9.67. The summed E-state index contributed by atoms with van der Waals surface area (Å²) in [6.07, 6.45) is 4.23. The van der Waals surface area contributed by atoms with Gasteiger partial charge in [0.25, 0.3) is 0 Å². The molecule has 0 atom stereocenters. The van der Waals surface area contributed by atoms with Crippen molar-refractivity contribution < 1.29 is 4.79 Å². The maximum atomic E-state index is 11.8. The van der Waals surface area contributed by atoms with Crippen LogP contribution in [-0.4, -0.2) is 5.91 Å². The minimum absolute atomic E-state index is 0.143. The highest BCUT2D eigenvalue weighted by Crippen LogP contribution is 2.11. The number of hydrogen-bond donors (Lipinski definition) is 2. The molecule has 2 aromatic rings. The van der Waals surface area contributed by atoms with E-state index >= 15 is 0 Å². The Hall–Kier alpha value is -2.55. The summed E-state index contributed by atoms with van der Waals surface area (Å²) in [4.78, 5) is 11.8. The van der Waals surface area contributed by atoms with Crippen molar-refractivity contribution in [2.75, 3.05) is 11.1 Å². The van der Waals surface area contributed by atoms with Gasteiger partial charge < -0.3 is 11.1 Å². The van der Waals surface area contributed by atoms with Crippen molar-refractivity contribution in [1.29, 1.82) is 0 Å². The SMILES string of the molecule is CCc1cccc(NC(=O)/C=C/c2ccc(N)cc2)c1. The number of nitrogens with one attached hydrogen (secondary N) is 1. The molecule has 0 heterocycles. The van der Waals surface area contributed by atoms with Crippen LogP contribution in [0, 0.1) is 0 Å². The number of nitrogen functional groups attached to an aromatic ring is 1. The topological polar surface area (TPSA) is 55.1 Å². The summed E-state index contributed by atoms with van der Waals surface area (Å²) >= 11 is 0. The number of nitrogens with two attached hydrogens (primary N) is 1. The van der Waals surface area contributed by atoms with Gasteiger partial charge in [-0.05, 0) is 47.9 Å². The molecule has 20 heavy (non-hydrogen) atoms. The van der Waals surface area contributed by atoms with E-state index in [4.69, 9.17) is 5.73 Å². The molecule has 3 heteroatoms. The van der Waals surface area contributed by atoms with Crippen LogP contribution in [-0.2, 0) is 11.2 Å². The summed E-state index contributed by atoms with van der Waals surface area (Å²) in [7, 11) is 0. The number of anilines is 2. The largest absolute Gasteiger partial charge is 0.399 e. The lowest BCUT2D eigenvalue weighted by molar-refractivity contribution is -0.111. The van der Waals surface area contributed by atoms with Gasteiger partial charge in [-0.2, -0.15) is 0 Å². The molecule has 2 rings (SSSR count). The van der Waals surface area contributed by atoms with Crippen LogP contribution >= 0.6 is 0 Å². The monoisotopic (exact) mass is 266 g/mol. The quantitative estimate of drug-likeness (QED) is 0.657. The predicted molar refractivity (Wildman–Crippen MR) is 84.3 cm³/mol. The first-order valence-corrected chi connectivity index (χ1v) is 6.61. The molecule has 0 aliphatic rings. The van der Waals surface area contributed by atoms with Gasteiger partial charge in [0.05, 0.1) is 0 Å². The van der Waals surface area contributed by atoms with Gasteiger partial charge in [-0.25, -0.2) is 0 Å². The zero-order chi connectivity index (χ0) is 14.4. The third-order valence-corrected chi connectivity index (χ3v) is 2.97. The zero-order valence-corrected chi connectivity index (χ0v) is 11.5. The lowest BCUT2D eigenvalue weighted by Gasteiger charge is -2.04. The average Bonchev–Trinajstić information content (AvgIpc) is 2.47. The fourth-order valence-corrected chi connectivity index (χ4v) is 1.83. The minimum Gasteiger partial charge on any atom is -0.399 e. The Morgan fingerprint density at radius 1 is 1.20 bits per heavy atom. The third kappa shape index (κ3) is 3.99. The van der Waals surface area contributed by atoms with E-state index in [1.165, 1.54) is 11.6 Å². The van der Waals surface area contributed by atoms with Crippen LogP contribution in [0.5, 0.6) is 0 Å². The van der Waals surface area contributed by atoms with E-state index in [1.54, 1.807) is 6.08 Å². The van der Waals surface area contributed by atoms with Gasteiger partial charge in [-0.1, -0.05) is 31.2 Å². The molecule has 3 nitrogen and oxygen atoms in total. The van der Waals surface area contributed by atoms with E-state index in [9.17, 15) is 4.79 Å². The molecule has 0 aliphatic heterocycles. The molecule has 0 aliphatic carbocycles. The highest BCUT2D eigenvalue weighted by atomic mass is 16.1. The minimum atomic E-state index is -0.143. The highest BCUT2D eigenvalue weighted by Gasteiger charge is 1.98. The number of hydrogen-bond acceptors (Lipinski definition) is 2. The lowest BCUT2D eigenvalue weighted by atomic mass is 10.1. The van der Waals surface area contributed by atoms with Gasteiger partial charge in [-0.15, -0.1) is 0 Å². The Kier molecular flexibility index (Phi) is 4.56. The maximum absolute atomic E-state index is 11.8. The predicted octanol–water partition coefficient (Wildman–Crippen LogP) is 3.48. The van der Waals surface area contributed by atoms with Crippen LogP contribution in [0.2, 0.25) is 0 Å². The molecule has 2 aromatic carbocycles. The summed E-state index contributed by atoms with van der Waals surface area (Å²) in [5.41, 5.74) is 9.28. The Morgan fingerprint density at radius 3 is 2.65 bits per heavy atom. The average molecular weight is 266 g/mol. The van der Waals surface area contributed by atoms with Crippen LogP contribution in [0.1, 0.15) is 18.1 Å². The fourth-order valence-electron chi connectivity index (χ4n) is 1.83. The van der Waals surface area contributed by atoms with Crippen molar-refractivity contribution in [2.45, 2.75) is 13.3 Å². The number of amides is 1. The smallest absolute Gasteiger partial charge is 0.248 e. The normalized spacial score (nSPS) is 10.7. The van der Waals surface area contributed by atoms with Gasteiger partial charge in [0.2, 0.25) is 5.91 Å². The van der Waals surface area contributed by atoms with Gasteiger partial charge >= 0.3 is 0 Å². The zero-order valence-electron chi connectivity index (χ0n) is 11.5. The first-order valence-electron chi connectivity index (χ1n) is 6.61. The molecule has 0 radical (unpaired) electrons.